The van der Waals surface area contributed by atoms with Gasteiger partial charge in [-0.25, -0.2) is 4.79 Å². The molecule has 1 saturated heterocycles. The summed E-state index contributed by atoms with van der Waals surface area (Å²) in [6, 6.07) is 9.71. The molecule has 0 unspecified atom stereocenters. The Hall–Kier alpha value is -3.34. The summed E-state index contributed by atoms with van der Waals surface area (Å²) in [5.41, 5.74) is -2.41. The van der Waals surface area contributed by atoms with E-state index in [2.05, 4.69) is 15.1 Å². The molecule has 0 saturated carbocycles. The second-order valence-corrected chi connectivity index (χ2v) is 12.7. The van der Waals surface area contributed by atoms with E-state index in [1.165, 1.54) is 0 Å². The first kappa shape index (κ1) is 26.3. The van der Waals surface area contributed by atoms with Crippen LogP contribution in [0.4, 0.5) is 4.79 Å². The van der Waals surface area contributed by atoms with Crippen molar-refractivity contribution in [3.05, 3.63) is 65.1 Å². The molecule has 0 aliphatic carbocycles. The Morgan fingerprint density at radius 3 is 2.47 bits per heavy atom. The highest BCUT2D eigenvalue weighted by Crippen LogP contribution is 2.51. The summed E-state index contributed by atoms with van der Waals surface area (Å²) in [5.74, 6) is 0.330. The zero-order valence-electron chi connectivity index (χ0n) is 22.3. The maximum Gasteiger partial charge on any atom is 0.410 e. The van der Waals surface area contributed by atoms with Crippen LogP contribution in [0.5, 0.6) is 0 Å². The summed E-state index contributed by atoms with van der Waals surface area (Å²) >= 11 is 1.63. The number of rotatable bonds is 5. The Morgan fingerprint density at radius 1 is 1.08 bits per heavy atom. The zero-order chi connectivity index (χ0) is 27.5. The van der Waals surface area contributed by atoms with Gasteiger partial charge in [0, 0.05) is 46.7 Å². The number of fused-ring (bicyclic) bond motifs is 1. The van der Waals surface area contributed by atoms with Crippen molar-refractivity contribution in [3.63, 3.8) is 0 Å². The summed E-state index contributed by atoms with van der Waals surface area (Å²) in [6.07, 6.45) is 2.80. The van der Waals surface area contributed by atoms with Gasteiger partial charge in [-0.3, -0.25) is 4.98 Å². The lowest BCUT2D eigenvalue weighted by molar-refractivity contribution is -0.131. The Morgan fingerprint density at radius 2 is 1.82 bits per heavy atom. The van der Waals surface area contributed by atoms with Crippen LogP contribution in [0.25, 0.3) is 21.5 Å². The van der Waals surface area contributed by atoms with Gasteiger partial charge in [-0.1, -0.05) is 18.1 Å². The van der Waals surface area contributed by atoms with Crippen molar-refractivity contribution in [2.24, 2.45) is 5.41 Å². The van der Waals surface area contributed by atoms with Gasteiger partial charge in [-0.2, -0.15) is 4.98 Å². The fourth-order valence-corrected chi connectivity index (χ4v) is 5.66. The lowest BCUT2D eigenvalue weighted by Gasteiger charge is -2.56. The first-order valence-electron chi connectivity index (χ1n) is 12.4. The molecular weight excluding hydrogens is 504 g/mol. The number of likely N-dealkylation sites (tertiary alicyclic amines) is 1. The number of hydrogen-bond donors (Lipinski definition) is 2. The molecule has 0 radical (unpaired) electrons. The number of hydrogen-bond acceptors (Lipinski definition) is 9. The van der Waals surface area contributed by atoms with Crippen molar-refractivity contribution < 1.29 is 24.3 Å². The summed E-state index contributed by atoms with van der Waals surface area (Å²) in [7, 11) is 0. The zero-order valence-corrected chi connectivity index (χ0v) is 23.2. The summed E-state index contributed by atoms with van der Waals surface area (Å²) < 4.78 is 11.9. The lowest BCUT2D eigenvalue weighted by Crippen LogP contribution is -2.66. The van der Waals surface area contributed by atoms with Crippen molar-refractivity contribution in [2.45, 2.75) is 58.3 Å². The van der Waals surface area contributed by atoms with E-state index in [4.69, 9.17) is 9.26 Å². The Labute approximate surface area is 225 Å². The first-order valence-corrected chi connectivity index (χ1v) is 13.3. The van der Waals surface area contributed by atoms with Crippen LogP contribution in [0.3, 0.4) is 0 Å². The Balaban J connectivity index is 1.57. The number of carbonyl (C=O) groups excluding carboxylic acids is 1. The molecule has 1 amide bonds. The standard InChI is InChI=1S/C28H32N4O5S/c1-25(2,3)36-24(33)32-15-27(6,16-32)28(35,19-7-8-21-17(11-19)9-10-38-21)20-12-18(13-29-14-20)22-30-23(37-31-22)26(4,5)34/h7-14,34-35H,15-16H2,1-6H3/t28-/m0/s1. The second-order valence-electron chi connectivity index (χ2n) is 11.7. The number of amides is 1. The first-order chi connectivity index (χ1) is 17.7. The Bertz CT molecular complexity index is 1490. The van der Waals surface area contributed by atoms with Crippen LogP contribution >= 0.6 is 11.3 Å². The molecule has 0 bridgehead atoms. The number of aliphatic hydroxyl groups is 2. The molecule has 4 aromatic rings. The highest BCUT2D eigenvalue weighted by Gasteiger charge is 2.58. The smallest absolute Gasteiger partial charge is 0.410 e. The molecule has 0 spiro atoms. The molecule has 1 aromatic carbocycles. The van der Waals surface area contributed by atoms with Crippen molar-refractivity contribution in [1.29, 1.82) is 0 Å². The molecule has 1 atom stereocenters. The van der Waals surface area contributed by atoms with Gasteiger partial charge in [0.2, 0.25) is 5.82 Å². The number of thiophene rings is 1. The molecule has 1 aliphatic rings. The highest BCUT2D eigenvalue weighted by atomic mass is 32.1. The number of ether oxygens (including phenoxy) is 1. The predicted molar refractivity (Wildman–Crippen MR) is 144 cm³/mol. The highest BCUT2D eigenvalue weighted by molar-refractivity contribution is 7.17. The maximum absolute atomic E-state index is 12.8. The van der Waals surface area contributed by atoms with Gasteiger partial charge >= 0.3 is 6.09 Å². The molecule has 5 rings (SSSR count). The van der Waals surface area contributed by atoms with Crippen molar-refractivity contribution in [3.8, 4) is 11.4 Å². The van der Waals surface area contributed by atoms with Crippen molar-refractivity contribution in [1.82, 2.24) is 20.0 Å². The minimum Gasteiger partial charge on any atom is -0.444 e. The minimum atomic E-state index is -1.51. The average Bonchev–Trinajstić information content (AvgIpc) is 3.49. The molecule has 200 valence electrons. The fourth-order valence-electron chi connectivity index (χ4n) is 4.89. The number of aromatic nitrogens is 3. The summed E-state index contributed by atoms with van der Waals surface area (Å²) in [6.45, 7) is 11.1. The van der Waals surface area contributed by atoms with Crippen LogP contribution in [-0.4, -0.2) is 55.0 Å². The number of benzene rings is 1. The quantitative estimate of drug-likeness (QED) is 0.363. The maximum atomic E-state index is 12.8. The Kier molecular flexibility index (Phi) is 6.13. The third kappa shape index (κ3) is 4.57. The van der Waals surface area contributed by atoms with Gasteiger partial charge in [0.15, 0.2) is 0 Å². The topological polar surface area (TPSA) is 122 Å². The van der Waals surface area contributed by atoms with E-state index in [9.17, 15) is 15.0 Å². The van der Waals surface area contributed by atoms with Crippen LogP contribution in [-0.2, 0) is 15.9 Å². The molecule has 1 aliphatic heterocycles. The van der Waals surface area contributed by atoms with Crippen molar-refractivity contribution >= 4 is 27.5 Å². The molecule has 38 heavy (non-hydrogen) atoms. The van der Waals surface area contributed by atoms with Crippen LogP contribution in [0.1, 0.15) is 58.6 Å². The van der Waals surface area contributed by atoms with E-state index in [0.29, 0.717) is 16.7 Å². The van der Waals surface area contributed by atoms with Gasteiger partial charge < -0.3 is 24.4 Å². The van der Waals surface area contributed by atoms with E-state index in [0.717, 1.165) is 10.1 Å². The van der Waals surface area contributed by atoms with Gasteiger partial charge in [-0.15, -0.1) is 11.3 Å². The van der Waals surface area contributed by atoms with E-state index in [-0.39, 0.29) is 24.8 Å². The number of pyridine rings is 1. The average molecular weight is 537 g/mol. The molecule has 9 nitrogen and oxygen atoms in total. The van der Waals surface area contributed by atoms with Gasteiger partial charge in [0.1, 0.15) is 16.8 Å². The molecule has 4 heterocycles. The van der Waals surface area contributed by atoms with Crippen molar-refractivity contribution in [2.75, 3.05) is 13.1 Å². The lowest BCUT2D eigenvalue weighted by atomic mass is 9.62. The van der Waals surface area contributed by atoms with E-state index < -0.39 is 28.3 Å². The molecule has 3 aromatic heterocycles. The van der Waals surface area contributed by atoms with Crippen LogP contribution in [0.2, 0.25) is 0 Å². The monoisotopic (exact) mass is 536 g/mol. The minimum absolute atomic E-state index is 0.0787. The molecule has 10 heteroatoms. The van der Waals surface area contributed by atoms with Gasteiger partial charge in [0.05, 0.1) is 0 Å². The molecule has 1 fully saturated rings. The number of nitrogens with zero attached hydrogens (tertiary/aromatic N) is 4. The van der Waals surface area contributed by atoms with Crippen LogP contribution in [0, 0.1) is 5.41 Å². The second kappa shape index (κ2) is 8.86. The predicted octanol–water partition coefficient (Wildman–Crippen LogP) is 5.07. The van der Waals surface area contributed by atoms with E-state index >= 15 is 0 Å². The van der Waals surface area contributed by atoms with Gasteiger partial charge in [-0.05, 0) is 75.2 Å². The molecular formula is C28H32N4O5S. The van der Waals surface area contributed by atoms with E-state index in [1.54, 1.807) is 48.5 Å². The van der Waals surface area contributed by atoms with Gasteiger partial charge in [0.25, 0.3) is 5.89 Å². The summed E-state index contributed by atoms with van der Waals surface area (Å²) in [5, 5.41) is 29.9. The van der Waals surface area contributed by atoms with Crippen LogP contribution in [0.15, 0.2) is 52.6 Å². The van der Waals surface area contributed by atoms with E-state index in [1.807, 2.05) is 57.3 Å². The third-order valence-electron chi connectivity index (χ3n) is 6.84. The SMILES string of the molecule is CC(C)(C)OC(=O)N1CC(C)([C@@](O)(c2cncc(-c3noc(C(C)(C)O)n3)c2)c2ccc3sccc3c2)C1. The normalized spacial score (nSPS) is 17.2. The largest absolute Gasteiger partial charge is 0.444 e. The summed E-state index contributed by atoms with van der Waals surface area (Å²) in [4.78, 5) is 23.1. The van der Waals surface area contributed by atoms with Crippen LogP contribution < -0.4 is 0 Å². The number of carbonyl (C=O) groups is 1. The fraction of sp³-hybridized carbons (Fsp3) is 0.429. The third-order valence-corrected chi connectivity index (χ3v) is 7.74. The molecule has 2 N–H and O–H groups in total.